The summed E-state index contributed by atoms with van der Waals surface area (Å²) in [5.74, 6) is 0.280. The van der Waals surface area contributed by atoms with Crippen LogP contribution in [-0.2, 0) is 0 Å². The van der Waals surface area contributed by atoms with Gasteiger partial charge in [0.25, 0.3) is 0 Å². The van der Waals surface area contributed by atoms with Crippen LogP contribution < -0.4 is 4.90 Å². The third-order valence-corrected chi connectivity index (χ3v) is 3.78. The number of carbonyl (C=O) groups is 1. The van der Waals surface area contributed by atoms with Gasteiger partial charge in [-0.1, -0.05) is 13.8 Å². The molecule has 0 aliphatic heterocycles. The molecule has 1 heterocycles. The molecule has 1 aromatic rings. The van der Waals surface area contributed by atoms with Gasteiger partial charge in [0.15, 0.2) is 10.8 Å². The number of anilines is 1. The lowest BCUT2D eigenvalue weighted by molar-refractivity contribution is -0.383. The van der Waals surface area contributed by atoms with E-state index in [9.17, 15) is 14.9 Å². The van der Waals surface area contributed by atoms with Crippen molar-refractivity contribution >= 4 is 27.8 Å². The second kappa shape index (κ2) is 5.95. The number of thiophene rings is 1. The Morgan fingerprint density at radius 2 is 2.17 bits per heavy atom. The van der Waals surface area contributed by atoms with Crippen molar-refractivity contribution in [1.82, 2.24) is 0 Å². The fourth-order valence-electron chi connectivity index (χ4n) is 1.70. The molecule has 100 valence electrons. The Morgan fingerprint density at radius 3 is 2.56 bits per heavy atom. The van der Waals surface area contributed by atoms with Crippen molar-refractivity contribution < 1.29 is 9.72 Å². The largest absolute Gasteiger partial charge is 0.358 e. The Labute approximate surface area is 111 Å². The molecule has 5 nitrogen and oxygen atoms in total. The molecule has 0 saturated heterocycles. The van der Waals surface area contributed by atoms with E-state index in [2.05, 4.69) is 13.8 Å². The Balaban J connectivity index is 3.18. The first-order chi connectivity index (χ1) is 8.36. The second-order valence-corrected chi connectivity index (χ2v) is 5.58. The minimum absolute atomic E-state index is 0.0349. The van der Waals surface area contributed by atoms with Gasteiger partial charge in [0.2, 0.25) is 0 Å². The maximum Gasteiger partial charge on any atom is 0.304 e. The molecule has 1 aromatic heterocycles. The summed E-state index contributed by atoms with van der Waals surface area (Å²) in [6.45, 7) is 8.95. The maximum atomic E-state index is 11.3. The van der Waals surface area contributed by atoms with Crippen LogP contribution in [0, 0.1) is 16.0 Å². The summed E-state index contributed by atoms with van der Waals surface area (Å²) in [5.41, 5.74) is 0.0349. The summed E-state index contributed by atoms with van der Waals surface area (Å²) in [6, 6.07) is 1.38. The number of nitrogens with zero attached hydrogens (tertiary/aromatic N) is 2. The van der Waals surface area contributed by atoms with Gasteiger partial charge < -0.3 is 4.90 Å². The fraction of sp³-hybridized carbons (Fsp3) is 0.583. The van der Waals surface area contributed by atoms with Crippen molar-refractivity contribution in [1.29, 1.82) is 0 Å². The van der Waals surface area contributed by atoms with E-state index >= 15 is 0 Å². The molecular weight excluding hydrogens is 252 g/mol. The summed E-state index contributed by atoms with van der Waals surface area (Å²) in [6.07, 6.45) is 0. The third-order valence-electron chi connectivity index (χ3n) is 2.49. The van der Waals surface area contributed by atoms with Crippen LogP contribution in [0.3, 0.4) is 0 Å². The molecule has 1 rings (SSSR count). The zero-order valence-electron chi connectivity index (χ0n) is 11.1. The van der Waals surface area contributed by atoms with E-state index in [1.54, 1.807) is 0 Å². The quantitative estimate of drug-likeness (QED) is 0.452. The van der Waals surface area contributed by atoms with Crippen LogP contribution in [-0.4, -0.2) is 23.8 Å². The second-order valence-electron chi connectivity index (χ2n) is 4.55. The number of hydrogen-bond acceptors (Lipinski definition) is 5. The SMILES string of the molecule is CCN(CC(C)C)c1sc(C(C)=O)cc1[N+](=O)[O-]. The summed E-state index contributed by atoms with van der Waals surface area (Å²) >= 11 is 1.21. The first-order valence-corrected chi connectivity index (χ1v) is 6.72. The van der Waals surface area contributed by atoms with Crippen molar-refractivity contribution in [2.45, 2.75) is 27.7 Å². The number of ketones is 1. The van der Waals surface area contributed by atoms with Crippen molar-refractivity contribution in [3.05, 3.63) is 21.1 Å². The zero-order valence-corrected chi connectivity index (χ0v) is 11.9. The molecule has 0 fully saturated rings. The van der Waals surface area contributed by atoms with Crippen LogP contribution in [0.25, 0.3) is 0 Å². The molecule has 6 heteroatoms. The molecule has 0 aliphatic rings. The smallest absolute Gasteiger partial charge is 0.304 e. The molecule has 0 bridgehead atoms. The minimum Gasteiger partial charge on any atom is -0.358 e. The van der Waals surface area contributed by atoms with E-state index in [4.69, 9.17) is 0 Å². The van der Waals surface area contributed by atoms with Gasteiger partial charge >= 0.3 is 5.69 Å². The Morgan fingerprint density at radius 1 is 1.56 bits per heavy atom. The van der Waals surface area contributed by atoms with Crippen molar-refractivity contribution in [3.8, 4) is 0 Å². The molecular formula is C12H18N2O3S. The number of rotatable bonds is 6. The van der Waals surface area contributed by atoms with E-state index in [-0.39, 0.29) is 11.5 Å². The normalized spacial score (nSPS) is 10.7. The molecule has 0 radical (unpaired) electrons. The predicted octanol–water partition coefficient (Wildman–Crippen LogP) is 3.34. The Bertz CT molecular complexity index is 454. The summed E-state index contributed by atoms with van der Waals surface area (Å²) < 4.78 is 0. The topological polar surface area (TPSA) is 63.5 Å². The first-order valence-electron chi connectivity index (χ1n) is 5.90. The lowest BCUT2D eigenvalue weighted by Gasteiger charge is -2.22. The van der Waals surface area contributed by atoms with Gasteiger partial charge in [0.1, 0.15) is 0 Å². The number of carbonyl (C=O) groups excluding carboxylic acids is 1. The van der Waals surface area contributed by atoms with Crippen LogP contribution >= 0.6 is 11.3 Å². The average Bonchev–Trinajstić information content (AvgIpc) is 2.70. The molecule has 0 amide bonds. The van der Waals surface area contributed by atoms with Gasteiger partial charge in [0.05, 0.1) is 9.80 Å². The highest BCUT2D eigenvalue weighted by atomic mass is 32.1. The monoisotopic (exact) mass is 270 g/mol. The molecule has 0 aliphatic carbocycles. The first kappa shape index (κ1) is 14.6. The molecule has 0 saturated carbocycles. The van der Waals surface area contributed by atoms with Gasteiger partial charge in [-0.15, -0.1) is 11.3 Å². The van der Waals surface area contributed by atoms with E-state index in [0.29, 0.717) is 22.3 Å². The lowest BCUT2D eigenvalue weighted by atomic mass is 10.2. The summed E-state index contributed by atoms with van der Waals surface area (Å²) in [7, 11) is 0. The molecule has 0 N–H and O–H groups in total. The predicted molar refractivity (Wildman–Crippen MR) is 73.7 cm³/mol. The van der Waals surface area contributed by atoms with Gasteiger partial charge in [-0.25, -0.2) is 0 Å². The van der Waals surface area contributed by atoms with Crippen LogP contribution in [0.15, 0.2) is 6.07 Å². The van der Waals surface area contributed by atoms with Gasteiger partial charge in [-0.05, 0) is 19.8 Å². The van der Waals surface area contributed by atoms with Gasteiger partial charge in [0, 0.05) is 19.2 Å². The summed E-state index contributed by atoms with van der Waals surface area (Å²) in [5, 5.41) is 11.6. The standard InChI is InChI=1S/C12H18N2O3S/c1-5-13(7-8(2)3)12-10(14(16)17)6-11(18-12)9(4)15/h6,8H,5,7H2,1-4H3. The van der Waals surface area contributed by atoms with Crippen LogP contribution in [0.1, 0.15) is 37.4 Å². The third kappa shape index (κ3) is 3.29. The van der Waals surface area contributed by atoms with Crippen LogP contribution in [0.2, 0.25) is 0 Å². The van der Waals surface area contributed by atoms with E-state index in [1.165, 1.54) is 24.3 Å². The summed E-state index contributed by atoms with van der Waals surface area (Å²) in [4.78, 5) is 24.4. The van der Waals surface area contributed by atoms with Crippen molar-refractivity contribution in [2.24, 2.45) is 5.92 Å². The van der Waals surface area contributed by atoms with Gasteiger partial charge in [-0.3, -0.25) is 14.9 Å². The molecule has 0 unspecified atom stereocenters. The van der Waals surface area contributed by atoms with Crippen molar-refractivity contribution in [2.75, 3.05) is 18.0 Å². The Hall–Kier alpha value is -1.43. The number of nitro groups is 1. The molecule has 0 atom stereocenters. The highest BCUT2D eigenvalue weighted by molar-refractivity contribution is 7.18. The number of Topliss-reactive ketones (excluding diaryl/α,β-unsaturated/α-hetero) is 1. The highest BCUT2D eigenvalue weighted by Gasteiger charge is 2.24. The fourth-order valence-corrected chi connectivity index (χ4v) is 2.79. The van der Waals surface area contributed by atoms with E-state index in [1.807, 2.05) is 11.8 Å². The van der Waals surface area contributed by atoms with Gasteiger partial charge in [-0.2, -0.15) is 0 Å². The van der Waals surface area contributed by atoms with E-state index in [0.717, 1.165) is 6.54 Å². The zero-order chi connectivity index (χ0) is 13.9. The lowest BCUT2D eigenvalue weighted by Crippen LogP contribution is -2.26. The van der Waals surface area contributed by atoms with Crippen LogP contribution in [0.4, 0.5) is 10.7 Å². The average molecular weight is 270 g/mol. The molecule has 18 heavy (non-hydrogen) atoms. The Kier molecular flexibility index (Phi) is 4.84. The maximum absolute atomic E-state index is 11.3. The minimum atomic E-state index is -0.415. The molecule has 0 aromatic carbocycles. The van der Waals surface area contributed by atoms with E-state index < -0.39 is 4.92 Å². The van der Waals surface area contributed by atoms with Crippen LogP contribution in [0.5, 0.6) is 0 Å². The number of hydrogen-bond donors (Lipinski definition) is 0. The highest BCUT2D eigenvalue weighted by Crippen LogP contribution is 2.38. The molecule has 0 spiro atoms. The van der Waals surface area contributed by atoms with Crippen molar-refractivity contribution in [3.63, 3.8) is 0 Å².